The molecule has 2 unspecified atom stereocenters. The largest absolute Gasteiger partial charge is 0.381 e. The summed E-state index contributed by atoms with van der Waals surface area (Å²) in [6, 6.07) is 6.94. The standard InChI is InChI=1S/C17H23FN2O2/c1-13(14-3-2-4-16(18)11-14)19-6-8-20(9-7-19)17(21)15-5-10-22-12-15/h2-4,11,13,15H,5-10,12H2,1H3. The molecule has 2 heterocycles. The van der Waals surface area contributed by atoms with E-state index in [1.54, 1.807) is 12.1 Å². The molecule has 2 fully saturated rings. The van der Waals surface area contributed by atoms with Gasteiger partial charge in [0, 0.05) is 38.8 Å². The minimum atomic E-state index is -0.195. The van der Waals surface area contributed by atoms with Gasteiger partial charge in [-0.1, -0.05) is 12.1 Å². The smallest absolute Gasteiger partial charge is 0.228 e. The van der Waals surface area contributed by atoms with Crippen molar-refractivity contribution in [3.63, 3.8) is 0 Å². The van der Waals surface area contributed by atoms with Crippen LogP contribution in [0.4, 0.5) is 4.39 Å². The first-order valence-electron chi connectivity index (χ1n) is 8.01. The van der Waals surface area contributed by atoms with E-state index >= 15 is 0 Å². The maximum absolute atomic E-state index is 13.4. The lowest BCUT2D eigenvalue weighted by molar-refractivity contribution is -0.137. The van der Waals surface area contributed by atoms with E-state index in [2.05, 4.69) is 11.8 Å². The Bertz CT molecular complexity index is 523. The summed E-state index contributed by atoms with van der Waals surface area (Å²) in [5, 5.41) is 0. The molecule has 2 atom stereocenters. The van der Waals surface area contributed by atoms with Gasteiger partial charge in [-0.15, -0.1) is 0 Å². The number of nitrogens with zero attached hydrogens (tertiary/aromatic N) is 2. The van der Waals surface area contributed by atoms with Gasteiger partial charge in [-0.3, -0.25) is 9.69 Å². The van der Waals surface area contributed by atoms with Gasteiger partial charge in [-0.2, -0.15) is 0 Å². The van der Waals surface area contributed by atoms with Crippen LogP contribution >= 0.6 is 0 Å². The third-order valence-electron chi connectivity index (χ3n) is 4.78. The average molecular weight is 306 g/mol. The Balaban J connectivity index is 1.56. The molecule has 0 aromatic heterocycles. The van der Waals surface area contributed by atoms with Crippen molar-refractivity contribution >= 4 is 5.91 Å². The van der Waals surface area contributed by atoms with Gasteiger partial charge in [-0.05, 0) is 31.0 Å². The number of piperazine rings is 1. The van der Waals surface area contributed by atoms with Crippen molar-refractivity contribution in [3.8, 4) is 0 Å². The number of amides is 1. The summed E-state index contributed by atoms with van der Waals surface area (Å²) >= 11 is 0. The zero-order chi connectivity index (χ0) is 15.5. The maximum Gasteiger partial charge on any atom is 0.228 e. The molecule has 3 rings (SSSR count). The lowest BCUT2D eigenvalue weighted by atomic mass is 10.0. The molecular weight excluding hydrogens is 283 g/mol. The molecule has 22 heavy (non-hydrogen) atoms. The Labute approximate surface area is 130 Å². The molecule has 5 heteroatoms. The van der Waals surface area contributed by atoms with Crippen molar-refractivity contribution in [1.29, 1.82) is 0 Å². The van der Waals surface area contributed by atoms with Crippen LogP contribution in [0.25, 0.3) is 0 Å². The molecular formula is C17H23FN2O2. The second kappa shape index (κ2) is 6.75. The van der Waals surface area contributed by atoms with E-state index in [4.69, 9.17) is 4.74 Å². The highest BCUT2D eigenvalue weighted by Gasteiger charge is 2.31. The molecule has 0 spiro atoms. The molecule has 2 saturated heterocycles. The van der Waals surface area contributed by atoms with Crippen LogP contribution in [0.15, 0.2) is 24.3 Å². The van der Waals surface area contributed by atoms with Gasteiger partial charge in [0.15, 0.2) is 0 Å². The molecule has 0 N–H and O–H groups in total. The van der Waals surface area contributed by atoms with Crippen LogP contribution in [0.1, 0.15) is 24.9 Å². The van der Waals surface area contributed by atoms with E-state index in [0.717, 1.165) is 38.2 Å². The predicted octanol–water partition coefficient (Wildman–Crippen LogP) is 2.07. The summed E-state index contributed by atoms with van der Waals surface area (Å²) < 4.78 is 18.7. The normalized spacial score (nSPS) is 24.5. The monoisotopic (exact) mass is 306 g/mol. The number of ether oxygens (including phenoxy) is 1. The molecule has 120 valence electrons. The molecule has 2 aliphatic rings. The van der Waals surface area contributed by atoms with E-state index in [-0.39, 0.29) is 23.7 Å². The van der Waals surface area contributed by atoms with Gasteiger partial charge in [-0.25, -0.2) is 4.39 Å². The number of benzene rings is 1. The zero-order valence-corrected chi connectivity index (χ0v) is 13.0. The van der Waals surface area contributed by atoms with Crippen LogP contribution < -0.4 is 0 Å². The fourth-order valence-electron chi connectivity index (χ4n) is 3.29. The summed E-state index contributed by atoms with van der Waals surface area (Å²) in [5.74, 6) is 0.0853. The highest BCUT2D eigenvalue weighted by atomic mass is 19.1. The van der Waals surface area contributed by atoms with Crippen LogP contribution in [0.3, 0.4) is 0 Å². The number of rotatable bonds is 3. The van der Waals surface area contributed by atoms with Crippen molar-refractivity contribution in [2.24, 2.45) is 5.92 Å². The third kappa shape index (κ3) is 3.31. The van der Waals surface area contributed by atoms with Gasteiger partial charge in [0.25, 0.3) is 0 Å². The van der Waals surface area contributed by atoms with Crippen LogP contribution in [0.2, 0.25) is 0 Å². The summed E-state index contributed by atoms with van der Waals surface area (Å²) in [4.78, 5) is 16.6. The Morgan fingerprint density at radius 2 is 2.09 bits per heavy atom. The van der Waals surface area contributed by atoms with Crippen molar-refractivity contribution in [1.82, 2.24) is 9.80 Å². The van der Waals surface area contributed by atoms with Gasteiger partial charge in [0.05, 0.1) is 12.5 Å². The number of halogens is 1. The first kappa shape index (κ1) is 15.4. The van der Waals surface area contributed by atoms with Crippen LogP contribution in [0, 0.1) is 11.7 Å². The van der Waals surface area contributed by atoms with Crippen LogP contribution in [0.5, 0.6) is 0 Å². The number of hydrogen-bond acceptors (Lipinski definition) is 3. The second-order valence-corrected chi connectivity index (χ2v) is 6.15. The summed E-state index contributed by atoms with van der Waals surface area (Å²) in [7, 11) is 0. The lowest BCUT2D eigenvalue weighted by Gasteiger charge is -2.39. The third-order valence-corrected chi connectivity index (χ3v) is 4.78. The fraction of sp³-hybridized carbons (Fsp3) is 0.588. The van der Waals surface area contributed by atoms with E-state index < -0.39 is 0 Å². The minimum Gasteiger partial charge on any atom is -0.381 e. The zero-order valence-electron chi connectivity index (χ0n) is 13.0. The molecule has 1 amide bonds. The van der Waals surface area contributed by atoms with Gasteiger partial charge in [0.2, 0.25) is 5.91 Å². The predicted molar refractivity (Wildman–Crippen MR) is 81.9 cm³/mol. The lowest BCUT2D eigenvalue weighted by Crippen LogP contribution is -2.50. The summed E-state index contributed by atoms with van der Waals surface area (Å²) in [6.07, 6.45) is 0.846. The number of hydrogen-bond donors (Lipinski definition) is 0. The van der Waals surface area contributed by atoms with Crippen molar-refractivity contribution < 1.29 is 13.9 Å². The summed E-state index contributed by atoms with van der Waals surface area (Å²) in [6.45, 7) is 6.51. The molecule has 4 nitrogen and oxygen atoms in total. The van der Waals surface area contributed by atoms with E-state index in [9.17, 15) is 9.18 Å². The number of carbonyl (C=O) groups excluding carboxylic acids is 1. The molecule has 0 radical (unpaired) electrons. The van der Waals surface area contributed by atoms with Gasteiger partial charge in [0.1, 0.15) is 5.82 Å². The minimum absolute atomic E-state index is 0.0483. The van der Waals surface area contributed by atoms with Crippen molar-refractivity contribution in [3.05, 3.63) is 35.6 Å². The molecule has 0 bridgehead atoms. The van der Waals surface area contributed by atoms with Crippen LogP contribution in [-0.4, -0.2) is 55.1 Å². The summed E-state index contributed by atoms with van der Waals surface area (Å²) in [5.41, 5.74) is 0.990. The highest BCUT2D eigenvalue weighted by Crippen LogP contribution is 2.23. The quantitative estimate of drug-likeness (QED) is 0.857. The molecule has 0 aliphatic carbocycles. The fourth-order valence-corrected chi connectivity index (χ4v) is 3.29. The molecule has 2 aliphatic heterocycles. The van der Waals surface area contributed by atoms with E-state index in [1.807, 2.05) is 11.0 Å². The number of carbonyl (C=O) groups is 1. The van der Waals surface area contributed by atoms with Crippen LogP contribution in [-0.2, 0) is 9.53 Å². The highest BCUT2D eigenvalue weighted by molar-refractivity contribution is 5.79. The molecule has 1 aromatic rings. The Morgan fingerprint density at radius 1 is 1.32 bits per heavy atom. The second-order valence-electron chi connectivity index (χ2n) is 6.15. The van der Waals surface area contributed by atoms with Crippen molar-refractivity contribution in [2.75, 3.05) is 39.4 Å². The van der Waals surface area contributed by atoms with E-state index in [1.165, 1.54) is 6.07 Å². The Kier molecular flexibility index (Phi) is 4.74. The molecule has 0 saturated carbocycles. The first-order chi connectivity index (χ1) is 10.6. The first-order valence-corrected chi connectivity index (χ1v) is 8.01. The van der Waals surface area contributed by atoms with E-state index in [0.29, 0.717) is 13.2 Å². The Morgan fingerprint density at radius 3 is 2.73 bits per heavy atom. The van der Waals surface area contributed by atoms with Crippen molar-refractivity contribution in [2.45, 2.75) is 19.4 Å². The topological polar surface area (TPSA) is 32.8 Å². The van der Waals surface area contributed by atoms with Gasteiger partial charge < -0.3 is 9.64 Å². The SMILES string of the molecule is CC(c1cccc(F)c1)N1CCN(C(=O)C2CCOC2)CC1. The molecule has 1 aromatic carbocycles. The van der Waals surface area contributed by atoms with Gasteiger partial charge >= 0.3 is 0 Å². The average Bonchev–Trinajstić information content (AvgIpc) is 3.08. The Hall–Kier alpha value is -1.46. The maximum atomic E-state index is 13.4.